The van der Waals surface area contributed by atoms with E-state index in [0.717, 1.165) is 0 Å². The lowest BCUT2D eigenvalue weighted by atomic mass is 10.2. The van der Waals surface area contributed by atoms with Crippen LogP contribution < -0.4 is 5.32 Å². The van der Waals surface area contributed by atoms with Crippen molar-refractivity contribution in [2.45, 2.75) is 12.8 Å². The Labute approximate surface area is 96.0 Å². The summed E-state index contributed by atoms with van der Waals surface area (Å²) < 4.78 is 13.4. The van der Waals surface area contributed by atoms with Gasteiger partial charge in [-0.15, -0.1) is 12.3 Å². The SMILES string of the molecule is C#CCCC(=O)Nc1ccc(Br)c(F)c1. The van der Waals surface area contributed by atoms with Gasteiger partial charge in [0.15, 0.2) is 0 Å². The second-order valence-electron chi connectivity index (χ2n) is 2.88. The lowest BCUT2D eigenvalue weighted by Crippen LogP contribution is -2.10. The molecule has 0 aliphatic rings. The minimum Gasteiger partial charge on any atom is -0.326 e. The number of hydrogen-bond acceptors (Lipinski definition) is 1. The first kappa shape index (κ1) is 11.7. The van der Waals surface area contributed by atoms with Crippen molar-refractivity contribution in [1.82, 2.24) is 0 Å². The van der Waals surface area contributed by atoms with Crippen molar-refractivity contribution in [2.24, 2.45) is 0 Å². The second kappa shape index (κ2) is 5.52. The predicted octanol–water partition coefficient (Wildman–Crippen LogP) is 2.94. The summed E-state index contributed by atoms with van der Waals surface area (Å²) >= 11 is 3.02. The molecule has 0 spiro atoms. The molecule has 15 heavy (non-hydrogen) atoms. The van der Waals surface area contributed by atoms with Crippen molar-refractivity contribution < 1.29 is 9.18 Å². The van der Waals surface area contributed by atoms with Crippen LogP contribution in [0.1, 0.15) is 12.8 Å². The molecule has 0 heterocycles. The number of nitrogens with one attached hydrogen (secondary N) is 1. The molecule has 0 aromatic heterocycles. The Morgan fingerprint density at radius 2 is 2.33 bits per heavy atom. The molecule has 1 rings (SSSR count). The Balaban J connectivity index is 2.62. The van der Waals surface area contributed by atoms with Gasteiger partial charge in [-0.2, -0.15) is 0 Å². The standard InChI is InChI=1S/C11H9BrFNO/c1-2-3-4-11(15)14-8-5-6-9(12)10(13)7-8/h1,5-7H,3-4H2,(H,14,15). The van der Waals surface area contributed by atoms with Gasteiger partial charge >= 0.3 is 0 Å². The number of carbonyl (C=O) groups excluding carboxylic acids is 1. The van der Waals surface area contributed by atoms with Crippen LogP contribution in [0, 0.1) is 18.2 Å². The van der Waals surface area contributed by atoms with Crippen LogP contribution in [-0.4, -0.2) is 5.91 Å². The van der Waals surface area contributed by atoms with Crippen molar-refractivity contribution in [2.75, 3.05) is 5.32 Å². The Bertz CT molecular complexity index is 412. The van der Waals surface area contributed by atoms with Crippen molar-refractivity contribution in [1.29, 1.82) is 0 Å². The summed E-state index contributed by atoms with van der Waals surface area (Å²) in [7, 11) is 0. The zero-order chi connectivity index (χ0) is 11.3. The zero-order valence-electron chi connectivity index (χ0n) is 7.89. The summed E-state index contributed by atoms with van der Waals surface area (Å²) in [6.07, 6.45) is 5.64. The summed E-state index contributed by atoms with van der Waals surface area (Å²) in [6.45, 7) is 0. The first-order valence-electron chi connectivity index (χ1n) is 4.32. The van der Waals surface area contributed by atoms with Gasteiger partial charge in [-0.05, 0) is 34.1 Å². The van der Waals surface area contributed by atoms with E-state index < -0.39 is 5.82 Å². The normalized spacial score (nSPS) is 9.40. The van der Waals surface area contributed by atoms with Crippen LogP contribution in [0.5, 0.6) is 0 Å². The number of amides is 1. The largest absolute Gasteiger partial charge is 0.326 e. The molecule has 0 radical (unpaired) electrons. The van der Waals surface area contributed by atoms with Crippen LogP contribution in [0.2, 0.25) is 0 Å². The van der Waals surface area contributed by atoms with Crippen LogP contribution in [0.4, 0.5) is 10.1 Å². The third kappa shape index (κ3) is 3.72. The number of carbonyl (C=O) groups is 1. The Morgan fingerprint density at radius 3 is 2.93 bits per heavy atom. The van der Waals surface area contributed by atoms with Crippen LogP contribution in [0.15, 0.2) is 22.7 Å². The maximum atomic E-state index is 13.1. The van der Waals surface area contributed by atoms with Gasteiger partial charge in [0.2, 0.25) is 5.91 Å². The fourth-order valence-electron chi connectivity index (χ4n) is 0.983. The molecule has 0 aliphatic carbocycles. The van der Waals surface area contributed by atoms with Gasteiger partial charge in [-0.1, -0.05) is 0 Å². The average Bonchev–Trinajstić information content (AvgIpc) is 2.20. The molecule has 0 saturated carbocycles. The first-order valence-corrected chi connectivity index (χ1v) is 5.11. The van der Waals surface area contributed by atoms with Gasteiger partial charge in [-0.3, -0.25) is 4.79 Å². The van der Waals surface area contributed by atoms with Crippen LogP contribution in [0.25, 0.3) is 0 Å². The molecule has 78 valence electrons. The molecule has 0 aliphatic heterocycles. The van der Waals surface area contributed by atoms with E-state index in [0.29, 0.717) is 16.6 Å². The third-order valence-electron chi connectivity index (χ3n) is 1.70. The van der Waals surface area contributed by atoms with Crippen molar-refractivity contribution in [3.8, 4) is 12.3 Å². The predicted molar refractivity (Wildman–Crippen MR) is 60.8 cm³/mol. The lowest BCUT2D eigenvalue weighted by molar-refractivity contribution is -0.116. The van der Waals surface area contributed by atoms with Gasteiger partial charge in [0.25, 0.3) is 0 Å². The summed E-state index contributed by atoms with van der Waals surface area (Å²) in [4.78, 5) is 11.2. The van der Waals surface area contributed by atoms with Crippen LogP contribution >= 0.6 is 15.9 Å². The molecule has 1 aromatic carbocycles. The van der Waals surface area contributed by atoms with Gasteiger partial charge < -0.3 is 5.32 Å². The van der Waals surface area contributed by atoms with Crippen LogP contribution in [0.3, 0.4) is 0 Å². The van der Waals surface area contributed by atoms with Crippen molar-refractivity contribution in [3.63, 3.8) is 0 Å². The summed E-state index contributed by atoms with van der Waals surface area (Å²) in [6, 6.07) is 4.39. The van der Waals surface area contributed by atoms with Crippen LogP contribution in [-0.2, 0) is 4.79 Å². The van der Waals surface area contributed by atoms with Gasteiger partial charge in [0.05, 0.1) is 4.47 Å². The molecule has 1 N–H and O–H groups in total. The maximum Gasteiger partial charge on any atom is 0.225 e. The molecule has 4 heteroatoms. The fourth-order valence-corrected chi connectivity index (χ4v) is 1.23. The highest BCUT2D eigenvalue weighted by Crippen LogP contribution is 2.19. The molecule has 0 atom stereocenters. The number of terminal acetylenes is 1. The first-order chi connectivity index (χ1) is 7.13. The van der Waals surface area contributed by atoms with E-state index in [1.54, 1.807) is 6.07 Å². The lowest BCUT2D eigenvalue weighted by Gasteiger charge is -2.04. The highest BCUT2D eigenvalue weighted by Gasteiger charge is 2.04. The van der Waals surface area contributed by atoms with E-state index in [1.807, 2.05) is 0 Å². The third-order valence-corrected chi connectivity index (χ3v) is 2.34. The average molecular weight is 270 g/mol. The molecule has 0 bridgehead atoms. The van der Waals surface area contributed by atoms with E-state index >= 15 is 0 Å². The van der Waals surface area contributed by atoms with E-state index in [-0.39, 0.29) is 12.3 Å². The van der Waals surface area contributed by atoms with Crippen molar-refractivity contribution in [3.05, 3.63) is 28.5 Å². The zero-order valence-corrected chi connectivity index (χ0v) is 9.47. The Kier molecular flexibility index (Phi) is 4.32. The number of rotatable bonds is 3. The molecular formula is C11H9BrFNO. The molecule has 1 amide bonds. The smallest absolute Gasteiger partial charge is 0.225 e. The number of benzene rings is 1. The second-order valence-corrected chi connectivity index (χ2v) is 3.74. The van der Waals surface area contributed by atoms with E-state index in [4.69, 9.17) is 6.42 Å². The minimum atomic E-state index is -0.412. The van der Waals surface area contributed by atoms with Gasteiger partial charge in [-0.25, -0.2) is 4.39 Å². The van der Waals surface area contributed by atoms with Gasteiger partial charge in [0.1, 0.15) is 5.82 Å². The quantitative estimate of drug-likeness (QED) is 0.840. The molecule has 0 saturated heterocycles. The highest BCUT2D eigenvalue weighted by atomic mass is 79.9. The fraction of sp³-hybridized carbons (Fsp3) is 0.182. The topological polar surface area (TPSA) is 29.1 Å². The molecule has 0 fully saturated rings. The van der Waals surface area contributed by atoms with Crippen molar-refractivity contribution >= 4 is 27.5 Å². The maximum absolute atomic E-state index is 13.1. The molecule has 1 aromatic rings. The van der Waals surface area contributed by atoms with E-state index in [9.17, 15) is 9.18 Å². The summed E-state index contributed by atoms with van der Waals surface area (Å²) in [5.41, 5.74) is 0.428. The molecule has 2 nitrogen and oxygen atoms in total. The van der Waals surface area contributed by atoms with Gasteiger partial charge in [0, 0.05) is 18.5 Å². The minimum absolute atomic E-state index is 0.213. The monoisotopic (exact) mass is 269 g/mol. The Morgan fingerprint density at radius 1 is 1.60 bits per heavy atom. The number of hydrogen-bond donors (Lipinski definition) is 1. The molecule has 0 unspecified atom stereocenters. The summed E-state index contributed by atoms with van der Waals surface area (Å²) in [5.74, 6) is 1.74. The van der Waals surface area contributed by atoms with E-state index in [2.05, 4.69) is 27.2 Å². The Hall–Kier alpha value is -1.34. The van der Waals surface area contributed by atoms with E-state index in [1.165, 1.54) is 12.1 Å². The summed E-state index contributed by atoms with van der Waals surface area (Å²) in [5, 5.41) is 2.55. The number of halogens is 2. The molecular weight excluding hydrogens is 261 g/mol. The highest BCUT2D eigenvalue weighted by molar-refractivity contribution is 9.10. The number of anilines is 1.